The maximum absolute atomic E-state index is 12.4. The van der Waals surface area contributed by atoms with Gasteiger partial charge in [0.2, 0.25) is 0 Å². The molecule has 1 amide bonds. The van der Waals surface area contributed by atoms with Gasteiger partial charge in [-0.1, -0.05) is 12.1 Å². The summed E-state index contributed by atoms with van der Waals surface area (Å²) >= 11 is 0. The van der Waals surface area contributed by atoms with Crippen molar-refractivity contribution in [1.29, 1.82) is 0 Å². The molecule has 1 aromatic rings. The van der Waals surface area contributed by atoms with Gasteiger partial charge in [-0.2, -0.15) is 0 Å². The van der Waals surface area contributed by atoms with Crippen molar-refractivity contribution in [2.45, 2.75) is 50.2 Å². The van der Waals surface area contributed by atoms with Crippen molar-refractivity contribution in [3.8, 4) is 0 Å². The molecule has 0 bridgehead atoms. The molecular formula is C16H22N2O5S. The Morgan fingerprint density at radius 1 is 1.29 bits per heavy atom. The average molecular weight is 354 g/mol. The zero-order valence-electron chi connectivity index (χ0n) is 14.0. The van der Waals surface area contributed by atoms with Crippen molar-refractivity contribution < 1.29 is 22.7 Å². The first-order valence-corrected chi connectivity index (χ1v) is 9.12. The lowest BCUT2D eigenvalue weighted by molar-refractivity contribution is -0.156. The third-order valence-electron chi connectivity index (χ3n) is 3.50. The number of amides is 1. The molecule has 0 saturated carbocycles. The number of carbonyl (C=O) groups excluding carboxylic acids is 2. The van der Waals surface area contributed by atoms with Crippen LogP contribution in [0.5, 0.6) is 0 Å². The molecule has 7 nitrogen and oxygen atoms in total. The number of sulfonamides is 1. The Balaban J connectivity index is 1.97. The minimum atomic E-state index is -3.82. The van der Waals surface area contributed by atoms with Crippen LogP contribution >= 0.6 is 0 Å². The van der Waals surface area contributed by atoms with Crippen molar-refractivity contribution in [2.75, 3.05) is 6.54 Å². The molecule has 0 saturated heterocycles. The summed E-state index contributed by atoms with van der Waals surface area (Å²) in [5.74, 6) is -1.09. The fourth-order valence-corrected chi connectivity index (χ4v) is 4.01. The summed E-state index contributed by atoms with van der Waals surface area (Å²) < 4.78 is 30.8. The molecule has 1 aliphatic rings. The molecule has 0 fully saturated rings. The van der Waals surface area contributed by atoms with Crippen LogP contribution in [0.25, 0.3) is 0 Å². The quantitative estimate of drug-likeness (QED) is 0.798. The molecular weight excluding hydrogens is 332 g/mol. The zero-order valence-corrected chi connectivity index (χ0v) is 14.8. The number of benzene rings is 1. The lowest BCUT2D eigenvalue weighted by atomic mass is 10.1. The monoisotopic (exact) mass is 354 g/mol. The molecule has 1 atom stereocenters. The number of nitrogens with two attached hydrogens (primary N) is 1. The number of rotatable bonds is 5. The highest BCUT2D eigenvalue weighted by molar-refractivity contribution is 7.90. The molecule has 8 heteroatoms. The summed E-state index contributed by atoms with van der Waals surface area (Å²) in [6.45, 7) is 5.20. The number of hydrogen-bond donors (Lipinski definition) is 1. The summed E-state index contributed by atoms with van der Waals surface area (Å²) in [6, 6.07) is 5.24. The van der Waals surface area contributed by atoms with E-state index >= 15 is 0 Å². The normalized spacial score (nSPS) is 17.5. The van der Waals surface area contributed by atoms with Gasteiger partial charge in [-0.15, -0.1) is 0 Å². The second-order valence-corrected chi connectivity index (χ2v) is 8.49. The van der Waals surface area contributed by atoms with Crippen LogP contribution in [0.1, 0.15) is 44.0 Å². The third-order valence-corrected chi connectivity index (χ3v) is 5.34. The van der Waals surface area contributed by atoms with Crippen LogP contribution < -0.4 is 5.73 Å². The first-order chi connectivity index (χ1) is 11.0. The first-order valence-electron chi connectivity index (χ1n) is 7.68. The summed E-state index contributed by atoms with van der Waals surface area (Å²) in [4.78, 5) is 24.1. The van der Waals surface area contributed by atoms with Gasteiger partial charge in [0, 0.05) is 6.54 Å². The molecule has 0 unspecified atom stereocenters. The highest BCUT2D eigenvalue weighted by atomic mass is 32.2. The SMILES string of the molecule is CC(C)(C)OC(=O)[C@H](N)CCCN1C(=O)c2ccccc2S1(=O)=O. The molecule has 0 aliphatic carbocycles. The lowest BCUT2D eigenvalue weighted by Gasteiger charge is -2.22. The van der Waals surface area contributed by atoms with E-state index < -0.39 is 33.5 Å². The van der Waals surface area contributed by atoms with Crippen molar-refractivity contribution in [2.24, 2.45) is 5.73 Å². The van der Waals surface area contributed by atoms with Gasteiger partial charge in [0.25, 0.3) is 15.9 Å². The molecule has 0 spiro atoms. The molecule has 0 aromatic heterocycles. The number of nitrogens with zero attached hydrogens (tertiary/aromatic N) is 1. The summed E-state index contributed by atoms with van der Waals surface area (Å²) in [7, 11) is -3.82. The van der Waals surface area contributed by atoms with Gasteiger partial charge in [0.1, 0.15) is 16.5 Å². The van der Waals surface area contributed by atoms with E-state index in [1.165, 1.54) is 12.1 Å². The topological polar surface area (TPSA) is 107 Å². The van der Waals surface area contributed by atoms with Gasteiger partial charge in [-0.3, -0.25) is 9.59 Å². The van der Waals surface area contributed by atoms with E-state index in [2.05, 4.69) is 0 Å². The Morgan fingerprint density at radius 3 is 2.50 bits per heavy atom. The predicted molar refractivity (Wildman–Crippen MR) is 87.7 cm³/mol. The molecule has 24 heavy (non-hydrogen) atoms. The van der Waals surface area contributed by atoms with Crippen LogP contribution in [-0.4, -0.2) is 42.8 Å². The smallest absolute Gasteiger partial charge is 0.323 e. The van der Waals surface area contributed by atoms with Gasteiger partial charge in [-0.25, -0.2) is 12.7 Å². The van der Waals surface area contributed by atoms with Crippen molar-refractivity contribution in [3.05, 3.63) is 29.8 Å². The Morgan fingerprint density at radius 2 is 1.92 bits per heavy atom. The summed E-state index contributed by atoms with van der Waals surface area (Å²) in [6.07, 6.45) is 0.504. The molecule has 1 aliphatic heterocycles. The predicted octanol–water partition coefficient (Wildman–Crippen LogP) is 1.28. The summed E-state index contributed by atoms with van der Waals surface area (Å²) in [5, 5.41) is 0. The second kappa shape index (κ2) is 6.52. The van der Waals surface area contributed by atoms with Crippen LogP contribution in [0.3, 0.4) is 0 Å². The van der Waals surface area contributed by atoms with Gasteiger partial charge in [0.05, 0.1) is 5.56 Å². The van der Waals surface area contributed by atoms with E-state index in [9.17, 15) is 18.0 Å². The Hall–Kier alpha value is -1.93. The zero-order chi connectivity index (χ0) is 18.1. The Kier molecular flexibility index (Phi) is 5.00. The van der Waals surface area contributed by atoms with Crippen molar-refractivity contribution in [1.82, 2.24) is 4.31 Å². The number of hydrogen-bond acceptors (Lipinski definition) is 6. The fourth-order valence-electron chi connectivity index (χ4n) is 2.40. The summed E-state index contributed by atoms with van der Waals surface area (Å²) in [5.41, 5.74) is 5.31. The third kappa shape index (κ3) is 3.76. The molecule has 1 aromatic carbocycles. The van der Waals surface area contributed by atoms with Crippen LogP contribution in [0.15, 0.2) is 29.2 Å². The Bertz CT molecular complexity index is 752. The minimum Gasteiger partial charge on any atom is -0.459 e. The maximum atomic E-state index is 12.4. The van der Waals surface area contributed by atoms with E-state index in [1.807, 2.05) is 0 Å². The lowest BCUT2D eigenvalue weighted by Crippen LogP contribution is -2.38. The standard InChI is InChI=1S/C16H22N2O5S/c1-16(2,3)23-15(20)12(17)8-6-10-18-14(19)11-7-4-5-9-13(11)24(18,21)22/h4-5,7,9,12H,6,8,10,17H2,1-3H3/t12-/m1/s1. The highest BCUT2D eigenvalue weighted by Crippen LogP contribution is 2.30. The van der Waals surface area contributed by atoms with Crippen LogP contribution in [0.2, 0.25) is 0 Å². The van der Waals surface area contributed by atoms with Crippen molar-refractivity contribution >= 4 is 21.9 Å². The number of esters is 1. The van der Waals surface area contributed by atoms with Crippen LogP contribution in [0, 0.1) is 0 Å². The van der Waals surface area contributed by atoms with E-state index in [0.717, 1.165) is 4.31 Å². The number of ether oxygens (including phenoxy) is 1. The van der Waals surface area contributed by atoms with E-state index in [4.69, 9.17) is 10.5 Å². The van der Waals surface area contributed by atoms with Gasteiger partial charge in [0.15, 0.2) is 0 Å². The minimum absolute atomic E-state index is 0.0199. The van der Waals surface area contributed by atoms with Crippen LogP contribution in [0.4, 0.5) is 0 Å². The number of carbonyl (C=O) groups is 2. The second-order valence-electron chi connectivity index (χ2n) is 6.66. The van der Waals surface area contributed by atoms with Gasteiger partial charge >= 0.3 is 5.97 Å². The van der Waals surface area contributed by atoms with E-state index in [0.29, 0.717) is 0 Å². The van der Waals surface area contributed by atoms with Crippen molar-refractivity contribution in [3.63, 3.8) is 0 Å². The van der Waals surface area contributed by atoms with Crippen LogP contribution in [-0.2, 0) is 19.6 Å². The van der Waals surface area contributed by atoms with Gasteiger partial charge < -0.3 is 10.5 Å². The largest absolute Gasteiger partial charge is 0.459 e. The molecule has 1 heterocycles. The molecule has 0 radical (unpaired) electrons. The average Bonchev–Trinajstić information content (AvgIpc) is 2.66. The molecule has 2 N–H and O–H groups in total. The first kappa shape index (κ1) is 18.4. The molecule has 132 valence electrons. The Labute approximate surface area is 141 Å². The maximum Gasteiger partial charge on any atom is 0.323 e. The van der Waals surface area contributed by atoms with Gasteiger partial charge in [-0.05, 0) is 45.7 Å². The van der Waals surface area contributed by atoms with E-state index in [-0.39, 0.29) is 29.8 Å². The number of fused-ring (bicyclic) bond motifs is 1. The highest BCUT2D eigenvalue weighted by Gasteiger charge is 2.40. The fraction of sp³-hybridized carbons (Fsp3) is 0.500. The molecule has 2 rings (SSSR count). The van der Waals surface area contributed by atoms with E-state index in [1.54, 1.807) is 32.9 Å².